The van der Waals surface area contributed by atoms with Crippen LogP contribution >= 0.6 is 22.6 Å². The minimum absolute atomic E-state index is 0.360. The molecule has 0 atom stereocenters. The van der Waals surface area contributed by atoms with E-state index in [-0.39, 0.29) is 5.82 Å². The van der Waals surface area contributed by atoms with Gasteiger partial charge in [0.2, 0.25) is 0 Å². The van der Waals surface area contributed by atoms with Crippen LogP contribution in [-0.2, 0) is 0 Å². The van der Waals surface area contributed by atoms with Crippen molar-refractivity contribution in [2.24, 2.45) is 0 Å². The van der Waals surface area contributed by atoms with Gasteiger partial charge in [-0.3, -0.25) is 0 Å². The lowest BCUT2D eigenvalue weighted by atomic mass is 10.6. The van der Waals surface area contributed by atoms with Gasteiger partial charge in [-0.05, 0) is 29.5 Å². The maximum Gasteiger partial charge on any atom is 0.173 e. The van der Waals surface area contributed by atoms with Gasteiger partial charge in [0.25, 0.3) is 0 Å². The minimum Gasteiger partial charge on any atom is -0.239 e. The second-order valence-electron chi connectivity index (χ2n) is 1.56. The van der Waals surface area contributed by atoms with E-state index in [1.165, 1.54) is 6.20 Å². The van der Waals surface area contributed by atoms with Crippen LogP contribution in [0.4, 0.5) is 4.39 Å². The Labute approximate surface area is 79.4 Å². The molecular formula is C7H10FIN2. The summed E-state index contributed by atoms with van der Waals surface area (Å²) in [5, 5.41) is 0. The highest BCUT2D eigenvalue weighted by molar-refractivity contribution is 14.1. The summed E-state index contributed by atoms with van der Waals surface area (Å²) >= 11 is 1.82. The molecule has 11 heavy (non-hydrogen) atoms. The first-order chi connectivity index (χ1) is 5.20. The molecule has 0 saturated heterocycles. The predicted octanol–water partition coefficient (Wildman–Crippen LogP) is 2.55. The van der Waals surface area contributed by atoms with E-state index in [0.29, 0.717) is 9.53 Å². The number of halogens is 2. The van der Waals surface area contributed by atoms with Crippen LogP contribution in [0.2, 0.25) is 0 Å². The largest absolute Gasteiger partial charge is 0.239 e. The molecule has 0 aliphatic rings. The van der Waals surface area contributed by atoms with Crippen molar-refractivity contribution in [3.05, 3.63) is 21.5 Å². The maximum absolute atomic E-state index is 12.4. The summed E-state index contributed by atoms with van der Waals surface area (Å²) in [6.07, 6.45) is 1.17. The van der Waals surface area contributed by atoms with E-state index in [1.807, 2.05) is 36.4 Å². The number of aryl methyl sites for hydroxylation is 1. The molecule has 0 bridgehead atoms. The molecule has 0 N–H and O–H groups in total. The van der Waals surface area contributed by atoms with Crippen molar-refractivity contribution in [2.75, 3.05) is 0 Å². The highest BCUT2D eigenvalue weighted by atomic mass is 127. The van der Waals surface area contributed by atoms with Crippen LogP contribution in [0.25, 0.3) is 0 Å². The van der Waals surface area contributed by atoms with E-state index < -0.39 is 0 Å². The predicted molar refractivity (Wildman–Crippen MR) is 50.8 cm³/mol. The molecule has 0 aromatic carbocycles. The number of aromatic nitrogens is 2. The van der Waals surface area contributed by atoms with Crippen molar-refractivity contribution >= 4 is 22.6 Å². The number of hydrogen-bond donors (Lipinski definition) is 0. The van der Waals surface area contributed by atoms with E-state index in [9.17, 15) is 4.39 Å². The molecule has 62 valence electrons. The van der Waals surface area contributed by atoms with Gasteiger partial charge in [-0.1, -0.05) is 13.8 Å². The molecule has 0 aliphatic heterocycles. The van der Waals surface area contributed by atoms with Crippen molar-refractivity contribution in [1.82, 2.24) is 9.97 Å². The topological polar surface area (TPSA) is 25.8 Å². The molecule has 0 amide bonds. The summed E-state index contributed by atoms with van der Waals surface area (Å²) in [6, 6.07) is 0. The number of rotatable bonds is 0. The fourth-order valence-electron chi connectivity index (χ4n) is 0.428. The lowest BCUT2D eigenvalue weighted by Gasteiger charge is -1.91. The van der Waals surface area contributed by atoms with Gasteiger partial charge >= 0.3 is 0 Å². The lowest BCUT2D eigenvalue weighted by Crippen LogP contribution is -1.92. The van der Waals surface area contributed by atoms with Crippen LogP contribution in [0.3, 0.4) is 0 Å². The molecule has 1 aromatic rings. The lowest BCUT2D eigenvalue weighted by molar-refractivity contribution is 0.600. The van der Waals surface area contributed by atoms with Gasteiger partial charge in [-0.2, -0.15) is 0 Å². The molecule has 0 radical (unpaired) electrons. The average Bonchev–Trinajstić information content (AvgIpc) is 2.02. The minimum atomic E-state index is -0.360. The Morgan fingerprint density at radius 2 is 2.00 bits per heavy atom. The van der Waals surface area contributed by atoms with E-state index in [1.54, 1.807) is 6.92 Å². The standard InChI is InChI=1S/C5H4FIN2.C2H6/c1-3-8-2-4(6)5(7)9-3;1-2/h2H,1H3;1-2H3. The first-order valence-electron chi connectivity index (χ1n) is 3.35. The smallest absolute Gasteiger partial charge is 0.173 e. The zero-order chi connectivity index (χ0) is 8.85. The third-order valence-corrected chi connectivity index (χ3v) is 1.58. The first-order valence-corrected chi connectivity index (χ1v) is 4.42. The number of nitrogens with zero attached hydrogens (tertiary/aromatic N) is 2. The summed E-state index contributed by atoms with van der Waals surface area (Å²) in [5.41, 5.74) is 0. The Morgan fingerprint density at radius 1 is 1.45 bits per heavy atom. The van der Waals surface area contributed by atoms with Gasteiger partial charge in [0.05, 0.1) is 6.20 Å². The summed E-state index contributed by atoms with van der Waals surface area (Å²) in [7, 11) is 0. The van der Waals surface area contributed by atoms with Crippen molar-refractivity contribution in [2.45, 2.75) is 20.8 Å². The van der Waals surface area contributed by atoms with Crippen LogP contribution < -0.4 is 0 Å². The van der Waals surface area contributed by atoms with Crippen molar-refractivity contribution in [3.8, 4) is 0 Å². The molecule has 0 saturated carbocycles. The molecule has 0 fully saturated rings. The summed E-state index contributed by atoms with van der Waals surface area (Å²) in [4.78, 5) is 7.42. The van der Waals surface area contributed by atoms with Crippen LogP contribution in [0.15, 0.2) is 6.20 Å². The van der Waals surface area contributed by atoms with Crippen molar-refractivity contribution in [1.29, 1.82) is 0 Å². The second kappa shape index (κ2) is 5.40. The molecule has 1 aromatic heterocycles. The fraction of sp³-hybridized carbons (Fsp3) is 0.429. The van der Waals surface area contributed by atoms with Crippen LogP contribution in [-0.4, -0.2) is 9.97 Å². The Hall–Kier alpha value is -0.260. The molecule has 4 heteroatoms. The molecule has 2 nitrogen and oxygen atoms in total. The maximum atomic E-state index is 12.4. The Kier molecular flexibility index (Phi) is 5.27. The van der Waals surface area contributed by atoms with E-state index in [0.717, 1.165) is 0 Å². The van der Waals surface area contributed by atoms with E-state index >= 15 is 0 Å². The Balaban J connectivity index is 0.000000461. The molecule has 0 unspecified atom stereocenters. The molecule has 1 heterocycles. The quantitative estimate of drug-likeness (QED) is 0.533. The second-order valence-corrected chi connectivity index (χ2v) is 2.58. The average molecular weight is 268 g/mol. The van der Waals surface area contributed by atoms with E-state index in [2.05, 4.69) is 9.97 Å². The first kappa shape index (κ1) is 10.7. The SMILES string of the molecule is CC.Cc1ncc(F)c(I)n1. The van der Waals surface area contributed by atoms with Gasteiger partial charge in [0.15, 0.2) is 5.82 Å². The van der Waals surface area contributed by atoms with Crippen molar-refractivity contribution < 1.29 is 4.39 Å². The normalized spacial score (nSPS) is 8.45. The Morgan fingerprint density at radius 3 is 2.36 bits per heavy atom. The fourth-order valence-corrected chi connectivity index (χ4v) is 0.916. The molecule has 0 spiro atoms. The summed E-state index contributed by atoms with van der Waals surface area (Å²) in [6.45, 7) is 5.72. The monoisotopic (exact) mass is 268 g/mol. The third-order valence-electron chi connectivity index (χ3n) is 0.822. The van der Waals surface area contributed by atoms with Crippen LogP contribution in [0.5, 0.6) is 0 Å². The van der Waals surface area contributed by atoms with Crippen LogP contribution in [0.1, 0.15) is 19.7 Å². The molecular weight excluding hydrogens is 258 g/mol. The van der Waals surface area contributed by atoms with E-state index in [4.69, 9.17) is 0 Å². The van der Waals surface area contributed by atoms with Crippen LogP contribution in [0, 0.1) is 16.4 Å². The highest BCUT2D eigenvalue weighted by Gasteiger charge is 1.97. The van der Waals surface area contributed by atoms with Gasteiger partial charge in [-0.15, -0.1) is 0 Å². The summed E-state index contributed by atoms with van der Waals surface area (Å²) < 4.78 is 12.7. The highest BCUT2D eigenvalue weighted by Crippen LogP contribution is 2.04. The third kappa shape index (κ3) is 3.60. The molecule has 0 aliphatic carbocycles. The molecule has 1 rings (SSSR count). The zero-order valence-corrected chi connectivity index (χ0v) is 8.89. The van der Waals surface area contributed by atoms with Gasteiger partial charge < -0.3 is 0 Å². The van der Waals surface area contributed by atoms with Gasteiger partial charge in [-0.25, -0.2) is 14.4 Å². The number of hydrogen-bond acceptors (Lipinski definition) is 2. The van der Waals surface area contributed by atoms with Gasteiger partial charge in [0.1, 0.15) is 9.53 Å². The summed E-state index contributed by atoms with van der Waals surface area (Å²) in [5.74, 6) is 0.238. The van der Waals surface area contributed by atoms with Gasteiger partial charge in [0, 0.05) is 0 Å². The Bertz CT molecular complexity index is 228. The zero-order valence-electron chi connectivity index (χ0n) is 6.73. The van der Waals surface area contributed by atoms with Crippen molar-refractivity contribution in [3.63, 3.8) is 0 Å².